The summed E-state index contributed by atoms with van der Waals surface area (Å²) in [4.78, 5) is 52.2. The summed E-state index contributed by atoms with van der Waals surface area (Å²) in [6.07, 6.45) is 3.76. The summed E-state index contributed by atoms with van der Waals surface area (Å²) in [6, 6.07) is 17.9. The van der Waals surface area contributed by atoms with Gasteiger partial charge in [0, 0.05) is 10.4 Å². The quantitative estimate of drug-likeness (QED) is 0.0910. The molecular formula is C33H31N3O6S. The monoisotopic (exact) mass is 597 g/mol. The number of ether oxygens (including phenoxy) is 2. The molecule has 1 heterocycles. The van der Waals surface area contributed by atoms with Crippen molar-refractivity contribution in [1.29, 1.82) is 0 Å². The number of anilines is 1. The van der Waals surface area contributed by atoms with E-state index in [-0.39, 0.29) is 12.4 Å². The lowest BCUT2D eigenvalue weighted by atomic mass is 9.88. The van der Waals surface area contributed by atoms with Gasteiger partial charge in [-0.15, -0.1) is 11.3 Å². The van der Waals surface area contributed by atoms with Gasteiger partial charge in [0.15, 0.2) is 0 Å². The lowest BCUT2D eigenvalue weighted by molar-refractivity contribution is -0.136. The number of amides is 2. The first-order valence-corrected chi connectivity index (χ1v) is 14.8. The number of thiophene rings is 1. The van der Waals surface area contributed by atoms with Gasteiger partial charge in [-0.1, -0.05) is 55.0 Å². The van der Waals surface area contributed by atoms with Crippen LogP contribution in [-0.4, -0.2) is 36.6 Å². The predicted octanol–water partition coefficient (Wildman–Crippen LogP) is 5.82. The van der Waals surface area contributed by atoms with E-state index in [1.54, 1.807) is 25.1 Å². The molecule has 10 heteroatoms. The normalized spacial score (nSPS) is 14.3. The van der Waals surface area contributed by atoms with Gasteiger partial charge in [0.2, 0.25) is 0 Å². The Morgan fingerprint density at radius 2 is 1.77 bits per heavy atom. The summed E-state index contributed by atoms with van der Waals surface area (Å²) in [5, 5.41) is 8.48. The SMILES string of the molecule is CCOC(=O)c1c(NC(=O)C(=O)N/N=C/c2c(OC(=O)c3ccc(C)cc3)ccc3ccccc23)sc2c1CCC(C)C2. The van der Waals surface area contributed by atoms with Crippen LogP contribution in [0.2, 0.25) is 0 Å². The molecule has 0 aliphatic heterocycles. The number of hydrogen-bond donors (Lipinski definition) is 2. The Kier molecular flexibility index (Phi) is 8.96. The Morgan fingerprint density at radius 3 is 2.53 bits per heavy atom. The fourth-order valence-electron chi connectivity index (χ4n) is 4.97. The molecule has 4 aromatic rings. The zero-order chi connectivity index (χ0) is 30.5. The van der Waals surface area contributed by atoms with Gasteiger partial charge < -0.3 is 14.8 Å². The van der Waals surface area contributed by atoms with Crippen LogP contribution in [0.25, 0.3) is 10.8 Å². The van der Waals surface area contributed by atoms with E-state index in [0.29, 0.717) is 34.0 Å². The number of nitrogens with one attached hydrogen (secondary N) is 2. The first-order chi connectivity index (χ1) is 20.7. The fraction of sp³-hybridized carbons (Fsp3) is 0.242. The summed E-state index contributed by atoms with van der Waals surface area (Å²) in [6.45, 7) is 5.97. The van der Waals surface area contributed by atoms with Crippen LogP contribution in [-0.2, 0) is 27.2 Å². The maximum absolute atomic E-state index is 12.9. The number of carbonyl (C=O) groups is 4. The number of rotatable bonds is 7. The first-order valence-electron chi connectivity index (χ1n) is 14.0. The Balaban J connectivity index is 1.34. The van der Waals surface area contributed by atoms with E-state index in [0.717, 1.165) is 39.6 Å². The topological polar surface area (TPSA) is 123 Å². The number of nitrogens with zero attached hydrogens (tertiary/aromatic N) is 1. The highest BCUT2D eigenvalue weighted by Crippen LogP contribution is 2.40. The molecule has 5 rings (SSSR count). The van der Waals surface area contributed by atoms with E-state index in [1.807, 2.05) is 49.4 Å². The second kappa shape index (κ2) is 13.0. The van der Waals surface area contributed by atoms with E-state index in [9.17, 15) is 19.2 Å². The molecule has 0 spiro atoms. The lowest BCUT2D eigenvalue weighted by Crippen LogP contribution is -2.32. The molecule has 1 aliphatic rings. The average Bonchev–Trinajstić information content (AvgIpc) is 3.35. The van der Waals surface area contributed by atoms with Crippen LogP contribution in [0.5, 0.6) is 5.75 Å². The van der Waals surface area contributed by atoms with Gasteiger partial charge >= 0.3 is 23.8 Å². The molecular weight excluding hydrogens is 566 g/mol. The number of hydrogen-bond acceptors (Lipinski definition) is 8. The van der Waals surface area contributed by atoms with Gasteiger partial charge in [-0.3, -0.25) is 9.59 Å². The predicted molar refractivity (Wildman–Crippen MR) is 166 cm³/mol. The van der Waals surface area contributed by atoms with Gasteiger partial charge in [0.1, 0.15) is 10.8 Å². The minimum Gasteiger partial charge on any atom is -0.462 e. The zero-order valence-corrected chi connectivity index (χ0v) is 24.9. The van der Waals surface area contributed by atoms with Crippen LogP contribution in [0.15, 0.2) is 65.8 Å². The molecule has 2 amide bonds. The number of esters is 2. The van der Waals surface area contributed by atoms with E-state index in [1.165, 1.54) is 17.6 Å². The van der Waals surface area contributed by atoms with Crippen molar-refractivity contribution >= 4 is 57.1 Å². The maximum atomic E-state index is 12.9. The molecule has 0 radical (unpaired) electrons. The Labute approximate surface area is 252 Å². The van der Waals surface area contributed by atoms with Gasteiger partial charge in [-0.25, -0.2) is 15.0 Å². The number of carbonyl (C=O) groups excluding carboxylic acids is 4. The molecule has 1 atom stereocenters. The van der Waals surface area contributed by atoms with Gasteiger partial charge in [0.05, 0.1) is 23.9 Å². The van der Waals surface area contributed by atoms with Gasteiger partial charge in [0.25, 0.3) is 0 Å². The molecule has 1 aliphatic carbocycles. The van der Waals surface area contributed by atoms with Crippen LogP contribution in [0.4, 0.5) is 5.00 Å². The Hall–Kier alpha value is -4.83. The molecule has 9 nitrogen and oxygen atoms in total. The molecule has 0 bridgehead atoms. The lowest BCUT2D eigenvalue weighted by Gasteiger charge is -2.18. The van der Waals surface area contributed by atoms with Crippen molar-refractivity contribution in [2.45, 2.75) is 40.0 Å². The molecule has 1 unspecified atom stereocenters. The largest absolute Gasteiger partial charge is 0.462 e. The van der Waals surface area contributed by atoms with Crippen molar-refractivity contribution in [2.24, 2.45) is 11.0 Å². The number of benzene rings is 3. The van der Waals surface area contributed by atoms with Crippen molar-refractivity contribution in [2.75, 3.05) is 11.9 Å². The van der Waals surface area contributed by atoms with Crippen molar-refractivity contribution in [1.82, 2.24) is 5.43 Å². The second-order valence-corrected chi connectivity index (χ2v) is 11.5. The maximum Gasteiger partial charge on any atom is 0.343 e. The third-order valence-electron chi connectivity index (χ3n) is 7.20. The highest BCUT2D eigenvalue weighted by molar-refractivity contribution is 7.17. The van der Waals surface area contributed by atoms with Gasteiger partial charge in [-0.2, -0.15) is 5.10 Å². The highest BCUT2D eigenvalue weighted by atomic mass is 32.1. The van der Waals surface area contributed by atoms with E-state index in [4.69, 9.17) is 9.47 Å². The fourth-order valence-corrected chi connectivity index (χ4v) is 6.36. The van der Waals surface area contributed by atoms with Crippen LogP contribution in [0.1, 0.15) is 62.6 Å². The second-order valence-electron chi connectivity index (χ2n) is 10.4. The van der Waals surface area contributed by atoms with Crippen molar-refractivity contribution < 1.29 is 28.7 Å². The highest BCUT2D eigenvalue weighted by Gasteiger charge is 2.30. The summed E-state index contributed by atoms with van der Waals surface area (Å²) < 4.78 is 10.9. The Morgan fingerprint density at radius 1 is 1.00 bits per heavy atom. The molecule has 2 N–H and O–H groups in total. The molecule has 3 aromatic carbocycles. The standard InChI is InChI=1S/C33H31N3O6S/c1-4-41-33(40)28-24-15-11-20(3)17-27(24)43-31(28)35-29(37)30(38)36-34-18-25-23-8-6-5-7-21(23)14-16-26(25)42-32(39)22-12-9-19(2)10-13-22/h5-10,12-14,16,18,20H,4,11,15,17H2,1-3H3,(H,35,37)(H,36,38)/b34-18+. The molecule has 1 aromatic heterocycles. The molecule has 0 saturated carbocycles. The first kappa shape index (κ1) is 29.7. The molecule has 0 saturated heterocycles. The van der Waals surface area contributed by atoms with Crippen molar-refractivity contribution in [3.05, 3.63) is 93.4 Å². The minimum absolute atomic E-state index is 0.193. The number of aryl methyl sites for hydroxylation is 1. The van der Waals surface area contributed by atoms with E-state index >= 15 is 0 Å². The smallest absolute Gasteiger partial charge is 0.343 e. The number of hydrazone groups is 1. The number of fused-ring (bicyclic) bond motifs is 2. The third-order valence-corrected chi connectivity index (χ3v) is 8.37. The van der Waals surface area contributed by atoms with Crippen LogP contribution < -0.4 is 15.5 Å². The summed E-state index contributed by atoms with van der Waals surface area (Å²) in [7, 11) is 0. The zero-order valence-electron chi connectivity index (χ0n) is 24.1. The average molecular weight is 598 g/mol. The molecule has 43 heavy (non-hydrogen) atoms. The van der Waals surface area contributed by atoms with E-state index < -0.39 is 23.8 Å². The van der Waals surface area contributed by atoms with Crippen molar-refractivity contribution in [3.8, 4) is 5.75 Å². The Bertz CT molecular complexity index is 1740. The van der Waals surface area contributed by atoms with Crippen LogP contribution in [0.3, 0.4) is 0 Å². The van der Waals surface area contributed by atoms with Crippen LogP contribution >= 0.6 is 11.3 Å². The third kappa shape index (κ3) is 6.65. The van der Waals surface area contributed by atoms with Gasteiger partial charge in [-0.05, 0) is 73.6 Å². The summed E-state index contributed by atoms with van der Waals surface area (Å²) in [5.74, 6) is -2.37. The summed E-state index contributed by atoms with van der Waals surface area (Å²) >= 11 is 1.29. The summed E-state index contributed by atoms with van der Waals surface area (Å²) in [5.41, 5.74) is 5.28. The van der Waals surface area contributed by atoms with Crippen LogP contribution in [0, 0.1) is 12.8 Å². The minimum atomic E-state index is -1.02. The molecule has 220 valence electrons. The molecule has 0 fully saturated rings. The van der Waals surface area contributed by atoms with Crippen molar-refractivity contribution in [3.63, 3.8) is 0 Å². The van der Waals surface area contributed by atoms with E-state index in [2.05, 4.69) is 22.8 Å².